The molecule has 1 heteroatoms. The van der Waals surface area contributed by atoms with Gasteiger partial charge in [0.25, 0.3) is 0 Å². The van der Waals surface area contributed by atoms with Crippen LogP contribution in [0.3, 0.4) is 0 Å². The van der Waals surface area contributed by atoms with E-state index in [-0.39, 0.29) is 0 Å². The molecule has 2 rings (SSSR count). The van der Waals surface area contributed by atoms with E-state index < -0.39 is 0 Å². The van der Waals surface area contributed by atoms with Gasteiger partial charge in [0.15, 0.2) is 0 Å². The van der Waals surface area contributed by atoms with Gasteiger partial charge in [-0.05, 0) is 43.3 Å². The predicted molar refractivity (Wildman–Crippen MR) is 73.0 cm³/mol. The van der Waals surface area contributed by atoms with Crippen molar-refractivity contribution in [2.75, 3.05) is 6.61 Å². The lowest BCUT2D eigenvalue weighted by molar-refractivity contribution is 0.0576. The monoisotopic (exact) mass is 234 g/mol. The van der Waals surface area contributed by atoms with Crippen LogP contribution in [-0.2, 0) is 4.74 Å². The zero-order valence-electron chi connectivity index (χ0n) is 11.5. The lowest BCUT2D eigenvalue weighted by atomic mass is 9.89. The molecule has 0 saturated heterocycles. The molecule has 0 bridgehead atoms. The average molecular weight is 234 g/mol. The van der Waals surface area contributed by atoms with Crippen LogP contribution >= 0.6 is 0 Å². The lowest BCUT2D eigenvalue weighted by Gasteiger charge is -2.26. The first kappa shape index (κ1) is 12.9. The first-order chi connectivity index (χ1) is 8.20. The maximum absolute atomic E-state index is 6.02. The zero-order chi connectivity index (χ0) is 12.3. The van der Waals surface area contributed by atoms with Crippen molar-refractivity contribution in [3.63, 3.8) is 0 Å². The quantitative estimate of drug-likeness (QED) is 0.615. The summed E-state index contributed by atoms with van der Waals surface area (Å²) >= 11 is 0. The predicted octanol–water partition coefficient (Wildman–Crippen LogP) is 4.49. The van der Waals surface area contributed by atoms with Crippen molar-refractivity contribution in [2.45, 2.75) is 59.0 Å². The third-order valence-electron chi connectivity index (χ3n) is 4.05. The van der Waals surface area contributed by atoms with Gasteiger partial charge < -0.3 is 4.74 Å². The van der Waals surface area contributed by atoms with Crippen molar-refractivity contribution in [1.82, 2.24) is 0 Å². The minimum absolute atomic E-state index is 0.310. The van der Waals surface area contributed by atoms with Crippen LogP contribution in [0.2, 0.25) is 0 Å². The van der Waals surface area contributed by atoms with Crippen LogP contribution in [0.15, 0.2) is 23.3 Å². The van der Waals surface area contributed by atoms with Gasteiger partial charge in [0.05, 0.1) is 6.10 Å². The topological polar surface area (TPSA) is 9.23 Å². The van der Waals surface area contributed by atoms with Gasteiger partial charge in [-0.2, -0.15) is 0 Å². The van der Waals surface area contributed by atoms with Crippen LogP contribution in [0.5, 0.6) is 0 Å². The Labute approximate surface area is 106 Å². The van der Waals surface area contributed by atoms with Gasteiger partial charge >= 0.3 is 0 Å². The van der Waals surface area contributed by atoms with Crippen LogP contribution < -0.4 is 0 Å². The molecule has 0 aromatic carbocycles. The van der Waals surface area contributed by atoms with E-state index in [1.165, 1.54) is 36.8 Å². The maximum atomic E-state index is 6.02. The Kier molecular flexibility index (Phi) is 4.44. The fourth-order valence-electron chi connectivity index (χ4n) is 2.64. The number of allylic oxidation sites excluding steroid dienone is 2. The maximum Gasteiger partial charge on any atom is 0.0821 e. The van der Waals surface area contributed by atoms with Gasteiger partial charge in [-0.15, -0.1) is 0 Å². The summed E-state index contributed by atoms with van der Waals surface area (Å²) in [6.07, 6.45) is 11.7. The largest absolute Gasteiger partial charge is 0.374 e. The molecule has 0 radical (unpaired) electrons. The molecule has 1 fully saturated rings. The molecule has 0 heterocycles. The second-order valence-electron chi connectivity index (χ2n) is 5.68. The second-order valence-corrected chi connectivity index (χ2v) is 5.68. The van der Waals surface area contributed by atoms with Gasteiger partial charge in [0.2, 0.25) is 0 Å². The Bertz CT molecular complexity index is 309. The number of hydrogen-bond donors (Lipinski definition) is 0. The summed E-state index contributed by atoms with van der Waals surface area (Å²) in [5.41, 5.74) is 2.91. The smallest absolute Gasteiger partial charge is 0.0821 e. The first-order valence-corrected chi connectivity index (χ1v) is 7.21. The molecule has 1 saturated carbocycles. The number of hydrogen-bond acceptors (Lipinski definition) is 1. The minimum Gasteiger partial charge on any atom is -0.374 e. The van der Waals surface area contributed by atoms with Crippen molar-refractivity contribution >= 4 is 0 Å². The summed E-state index contributed by atoms with van der Waals surface area (Å²) in [4.78, 5) is 0. The highest BCUT2D eigenvalue weighted by Gasteiger charge is 2.22. The van der Waals surface area contributed by atoms with Crippen LogP contribution in [0.25, 0.3) is 0 Å². The SMILES string of the molecule is CCC1=CC(C)C(OCCCC2CC2)C=C1C. The van der Waals surface area contributed by atoms with Crippen LogP contribution in [0.4, 0.5) is 0 Å². The molecule has 2 atom stereocenters. The van der Waals surface area contributed by atoms with Crippen LogP contribution in [0, 0.1) is 11.8 Å². The summed E-state index contributed by atoms with van der Waals surface area (Å²) in [5.74, 6) is 1.57. The Balaban J connectivity index is 1.74. The van der Waals surface area contributed by atoms with Gasteiger partial charge in [-0.3, -0.25) is 0 Å². The number of rotatable bonds is 6. The zero-order valence-corrected chi connectivity index (χ0v) is 11.5. The van der Waals surface area contributed by atoms with E-state index in [0.717, 1.165) is 18.9 Å². The van der Waals surface area contributed by atoms with E-state index in [9.17, 15) is 0 Å². The van der Waals surface area contributed by atoms with Crippen LogP contribution in [-0.4, -0.2) is 12.7 Å². The Morgan fingerprint density at radius 2 is 2.06 bits per heavy atom. The van der Waals surface area contributed by atoms with Gasteiger partial charge in [-0.1, -0.05) is 38.8 Å². The van der Waals surface area contributed by atoms with E-state index in [1.807, 2.05) is 0 Å². The Morgan fingerprint density at radius 1 is 1.29 bits per heavy atom. The Morgan fingerprint density at radius 3 is 2.71 bits per heavy atom. The molecule has 96 valence electrons. The molecular formula is C16H26O. The summed E-state index contributed by atoms with van der Waals surface area (Å²) in [6, 6.07) is 0. The Hall–Kier alpha value is -0.560. The van der Waals surface area contributed by atoms with E-state index in [0.29, 0.717) is 12.0 Å². The minimum atomic E-state index is 0.310. The molecule has 0 amide bonds. The van der Waals surface area contributed by atoms with E-state index in [1.54, 1.807) is 0 Å². The normalized spacial score (nSPS) is 28.9. The fraction of sp³-hybridized carbons (Fsp3) is 0.750. The first-order valence-electron chi connectivity index (χ1n) is 7.21. The summed E-state index contributed by atoms with van der Waals surface area (Å²) in [5, 5.41) is 0. The van der Waals surface area contributed by atoms with Crippen molar-refractivity contribution in [1.29, 1.82) is 0 Å². The van der Waals surface area contributed by atoms with Crippen molar-refractivity contribution in [3.05, 3.63) is 23.3 Å². The highest BCUT2D eigenvalue weighted by molar-refractivity contribution is 5.34. The molecule has 0 aromatic heterocycles. The highest BCUT2D eigenvalue weighted by atomic mass is 16.5. The number of ether oxygens (including phenoxy) is 1. The third kappa shape index (κ3) is 3.70. The molecule has 17 heavy (non-hydrogen) atoms. The van der Waals surface area contributed by atoms with Crippen molar-refractivity contribution < 1.29 is 4.74 Å². The molecule has 0 spiro atoms. The molecule has 2 aliphatic rings. The van der Waals surface area contributed by atoms with Crippen molar-refractivity contribution in [2.24, 2.45) is 11.8 Å². The molecule has 0 aromatic rings. The fourth-order valence-corrected chi connectivity index (χ4v) is 2.64. The molecule has 2 aliphatic carbocycles. The average Bonchev–Trinajstić information content (AvgIpc) is 3.12. The summed E-state index contributed by atoms with van der Waals surface area (Å²) in [7, 11) is 0. The van der Waals surface area contributed by atoms with E-state index in [4.69, 9.17) is 4.74 Å². The van der Waals surface area contributed by atoms with Crippen LogP contribution in [0.1, 0.15) is 52.9 Å². The second kappa shape index (κ2) is 5.86. The van der Waals surface area contributed by atoms with E-state index in [2.05, 4.69) is 32.9 Å². The lowest BCUT2D eigenvalue weighted by Crippen LogP contribution is -2.22. The van der Waals surface area contributed by atoms with E-state index >= 15 is 0 Å². The molecular weight excluding hydrogens is 208 g/mol. The standard InChI is InChI=1S/C16H26O/c1-4-15-10-13(3)16(11-12(15)2)17-9-5-6-14-7-8-14/h10-11,13-14,16H,4-9H2,1-3H3. The van der Waals surface area contributed by atoms with Gasteiger partial charge in [0.1, 0.15) is 0 Å². The third-order valence-corrected chi connectivity index (χ3v) is 4.05. The summed E-state index contributed by atoms with van der Waals surface area (Å²) < 4.78 is 6.02. The van der Waals surface area contributed by atoms with Crippen molar-refractivity contribution in [3.8, 4) is 0 Å². The highest BCUT2D eigenvalue weighted by Crippen LogP contribution is 2.33. The summed E-state index contributed by atoms with van der Waals surface area (Å²) in [6.45, 7) is 7.64. The molecule has 0 aliphatic heterocycles. The van der Waals surface area contributed by atoms with Gasteiger partial charge in [0, 0.05) is 12.5 Å². The molecule has 0 N–H and O–H groups in total. The molecule has 1 nitrogen and oxygen atoms in total. The van der Waals surface area contributed by atoms with Gasteiger partial charge in [-0.25, -0.2) is 0 Å². The molecule has 2 unspecified atom stereocenters.